The normalized spacial score (nSPS) is 11.3. The van der Waals surface area contributed by atoms with Crippen molar-refractivity contribution in [2.75, 3.05) is 6.61 Å². The zero-order valence-electron chi connectivity index (χ0n) is 12.7. The van der Waals surface area contributed by atoms with Crippen LogP contribution in [0.4, 0.5) is 0 Å². The molecule has 0 fully saturated rings. The van der Waals surface area contributed by atoms with Crippen LogP contribution in [0.5, 0.6) is 5.75 Å². The van der Waals surface area contributed by atoms with Crippen LogP contribution in [0.1, 0.15) is 25.1 Å². The highest BCUT2D eigenvalue weighted by molar-refractivity contribution is 7.71. The Balaban J connectivity index is 2.16. The Labute approximate surface area is 133 Å². The topological polar surface area (TPSA) is 72.3 Å². The highest BCUT2D eigenvalue weighted by atomic mass is 32.1. The molecule has 2 rings (SSSR count). The maximum Gasteiger partial charge on any atom is 0.296 e. The molecule has 0 saturated carbocycles. The lowest BCUT2D eigenvalue weighted by atomic mass is 10.2. The molecule has 1 N–H and O–H groups in total. The van der Waals surface area contributed by atoms with Crippen molar-refractivity contribution >= 4 is 18.4 Å². The van der Waals surface area contributed by atoms with Crippen molar-refractivity contribution in [3.8, 4) is 5.75 Å². The molecule has 1 heterocycles. The third kappa shape index (κ3) is 4.11. The molecule has 7 heteroatoms. The Morgan fingerprint density at radius 2 is 2.09 bits per heavy atom. The van der Waals surface area contributed by atoms with Gasteiger partial charge in [0.15, 0.2) is 0 Å². The summed E-state index contributed by atoms with van der Waals surface area (Å²) in [7, 11) is 0. The minimum absolute atomic E-state index is 0.156. The van der Waals surface area contributed by atoms with E-state index in [0.29, 0.717) is 18.2 Å². The van der Waals surface area contributed by atoms with Gasteiger partial charge in [-0.25, -0.2) is 0 Å². The number of hydrogen-bond acceptors (Lipinski definition) is 5. The minimum atomic E-state index is -0.336. The molecule has 0 amide bonds. The number of ether oxygens (including phenoxy) is 1. The fourth-order valence-corrected chi connectivity index (χ4v) is 1.79. The van der Waals surface area contributed by atoms with E-state index in [-0.39, 0.29) is 10.3 Å². The largest absolute Gasteiger partial charge is 0.493 e. The van der Waals surface area contributed by atoms with Crippen molar-refractivity contribution < 1.29 is 4.74 Å². The molecule has 0 bridgehead atoms. The predicted molar refractivity (Wildman–Crippen MR) is 88.2 cm³/mol. The van der Waals surface area contributed by atoms with Crippen LogP contribution in [0.25, 0.3) is 0 Å². The van der Waals surface area contributed by atoms with Crippen LogP contribution < -0.4 is 10.3 Å². The van der Waals surface area contributed by atoms with E-state index in [1.54, 1.807) is 13.1 Å². The number of nitrogens with one attached hydrogen (secondary N) is 1. The van der Waals surface area contributed by atoms with E-state index in [1.807, 2.05) is 24.3 Å². The van der Waals surface area contributed by atoms with E-state index in [1.165, 1.54) is 0 Å². The van der Waals surface area contributed by atoms with Gasteiger partial charge in [0.25, 0.3) is 5.56 Å². The van der Waals surface area contributed by atoms with Crippen LogP contribution in [0, 0.1) is 17.6 Å². The first-order valence-corrected chi connectivity index (χ1v) is 7.33. The molecule has 0 spiro atoms. The van der Waals surface area contributed by atoms with E-state index in [4.69, 9.17) is 17.0 Å². The van der Waals surface area contributed by atoms with Gasteiger partial charge >= 0.3 is 0 Å². The molecule has 0 aliphatic rings. The van der Waals surface area contributed by atoms with Crippen molar-refractivity contribution in [1.29, 1.82) is 0 Å². The van der Waals surface area contributed by atoms with E-state index >= 15 is 0 Å². The molecule has 2 aromatic rings. The van der Waals surface area contributed by atoms with Gasteiger partial charge in [-0.1, -0.05) is 13.8 Å². The van der Waals surface area contributed by atoms with Crippen LogP contribution in [0.2, 0.25) is 0 Å². The molecule has 6 nitrogen and oxygen atoms in total. The summed E-state index contributed by atoms with van der Waals surface area (Å²) in [5, 5.41) is 10.5. The molecule has 0 radical (unpaired) electrons. The standard InChI is InChI=1S/C15H18N4O2S/c1-10(2)9-21-13-6-4-12(5-7-13)8-16-19-14(20)11(3)17-18-15(19)22/h4-8,10H,9H2,1-3H3,(H,18,22)/b16-8-. The summed E-state index contributed by atoms with van der Waals surface area (Å²) in [6.07, 6.45) is 1.57. The smallest absolute Gasteiger partial charge is 0.296 e. The van der Waals surface area contributed by atoms with Gasteiger partial charge in [0.05, 0.1) is 12.8 Å². The molecule has 0 aliphatic heterocycles. The second-order valence-electron chi connectivity index (χ2n) is 5.25. The SMILES string of the molecule is Cc1n[nH]c(=S)n(/N=C\c2ccc(OCC(C)C)cc2)c1=O. The maximum atomic E-state index is 11.9. The molecule has 0 unspecified atom stereocenters. The number of benzene rings is 1. The van der Waals surface area contributed by atoms with Gasteiger partial charge in [-0.2, -0.15) is 14.9 Å². The number of rotatable bonds is 5. The highest BCUT2D eigenvalue weighted by Gasteiger charge is 2.01. The summed E-state index contributed by atoms with van der Waals surface area (Å²) in [5.41, 5.74) is 0.813. The van der Waals surface area contributed by atoms with E-state index < -0.39 is 0 Å². The van der Waals surface area contributed by atoms with Gasteiger partial charge < -0.3 is 4.74 Å². The van der Waals surface area contributed by atoms with Crippen LogP contribution in [-0.4, -0.2) is 27.7 Å². The fraction of sp³-hybridized carbons (Fsp3) is 0.333. The second kappa shape index (κ2) is 7.13. The van der Waals surface area contributed by atoms with Crippen molar-refractivity contribution in [2.24, 2.45) is 11.0 Å². The van der Waals surface area contributed by atoms with Crippen LogP contribution in [-0.2, 0) is 0 Å². The predicted octanol–water partition coefficient (Wildman–Crippen LogP) is 2.53. The summed E-state index contributed by atoms with van der Waals surface area (Å²) >= 11 is 5.01. The summed E-state index contributed by atoms with van der Waals surface area (Å²) < 4.78 is 6.88. The Kier molecular flexibility index (Phi) is 5.21. The number of aromatic nitrogens is 3. The average Bonchev–Trinajstić information content (AvgIpc) is 2.50. The third-order valence-corrected chi connectivity index (χ3v) is 3.06. The van der Waals surface area contributed by atoms with E-state index in [0.717, 1.165) is 16.0 Å². The Morgan fingerprint density at radius 1 is 1.41 bits per heavy atom. The van der Waals surface area contributed by atoms with Gasteiger partial charge in [-0.05, 0) is 54.9 Å². The first kappa shape index (κ1) is 16.1. The zero-order valence-corrected chi connectivity index (χ0v) is 13.6. The monoisotopic (exact) mass is 318 g/mol. The molecule has 22 heavy (non-hydrogen) atoms. The van der Waals surface area contributed by atoms with Gasteiger partial charge in [-0.15, -0.1) is 0 Å². The number of nitrogens with zero attached hydrogens (tertiary/aromatic N) is 3. The molecule has 0 aliphatic carbocycles. The lowest BCUT2D eigenvalue weighted by molar-refractivity contribution is 0.271. The van der Waals surface area contributed by atoms with Crippen molar-refractivity contribution in [1.82, 2.24) is 14.9 Å². The molecule has 0 saturated heterocycles. The molecular formula is C15H18N4O2S. The highest BCUT2D eigenvalue weighted by Crippen LogP contribution is 2.12. The first-order chi connectivity index (χ1) is 10.5. The van der Waals surface area contributed by atoms with Gasteiger partial charge in [0.1, 0.15) is 11.4 Å². The first-order valence-electron chi connectivity index (χ1n) is 6.93. The fourth-order valence-electron chi connectivity index (χ4n) is 1.61. The van der Waals surface area contributed by atoms with Gasteiger partial charge in [-0.3, -0.25) is 9.89 Å². The van der Waals surface area contributed by atoms with Crippen LogP contribution >= 0.6 is 12.2 Å². The average molecular weight is 318 g/mol. The Bertz CT molecular complexity index is 775. The van der Waals surface area contributed by atoms with E-state index in [9.17, 15) is 4.79 Å². The van der Waals surface area contributed by atoms with Crippen LogP contribution in [0.15, 0.2) is 34.2 Å². The number of hydrogen-bond donors (Lipinski definition) is 1. The summed E-state index contributed by atoms with van der Waals surface area (Å²) in [4.78, 5) is 11.9. The summed E-state index contributed by atoms with van der Waals surface area (Å²) in [5.74, 6) is 1.28. The quantitative estimate of drug-likeness (QED) is 0.679. The van der Waals surface area contributed by atoms with Gasteiger partial charge in [0.2, 0.25) is 4.77 Å². The molecule has 116 valence electrons. The summed E-state index contributed by atoms with van der Waals surface area (Å²) in [6.45, 7) is 6.46. The number of aromatic amines is 1. The lowest BCUT2D eigenvalue weighted by Gasteiger charge is -2.08. The van der Waals surface area contributed by atoms with Gasteiger partial charge in [0, 0.05) is 0 Å². The maximum absolute atomic E-state index is 11.9. The lowest BCUT2D eigenvalue weighted by Crippen LogP contribution is -2.22. The third-order valence-electron chi connectivity index (χ3n) is 2.80. The minimum Gasteiger partial charge on any atom is -0.493 e. The van der Waals surface area contributed by atoms with E-state index in [2.05, 4.69) is 29.1 Å². The Morgan fingerprint density at radius 3 is 2.73 bits per heavy atom. The van der Waals surface area contributed by atoms with Crippen LogP contribution in [0.3, 0.4) is 0 Å². The van der Waals surface area contributed by atoms with Crippen molar-refractivity contribution in [3.05, 3.63) is 50.6 Å². The molecule has 1 aromatic carbocycles. The summed E-state index contributed by atoms with van der Waals surface area (Å²) in [6, 6.07) is 7.46. The number of aryl methyl sites for hydroxylation is 1. The van der Waals surface area contributed by atoms with Crippen molar-refractivity contribution in [2.45, 2.75) is 20.8 Å². The molecule has 0 atom stereocenters. The number of H-pyrrole nitrogens is 1. The molecule has 1 aromatic heterocycles. The zero-order chi connectivity index (χ0) is 16.1. The molecular weight excluding hydrogens is 300 g/mol. The van der Waals surface area contributed by atoms with Crippen molar-refractivity contribution in [3.63, 3.8) is 0 Å². The Hall–Kier alpha value is -2.28. The second-order valence-corrected chi connectivity index (χ2v) is 5.64.